The average molecular weight is 155 g/mol. The van der Waals surface area contributed by atoms with Crippen molar-refractivity contribution < 1.29 is 9.15 Å². The zero-order valence-corrected chi connectivity index (χ0v) is 6.89. The molecule has 0 aliphatic rings. The molecule has 0 bridgehead atoms. The van der Waals surface area contributed by atoms with Gasteiger partial charge in [0.2, 0.25) is 0 Å². The fourth-order valence-electron chi connectivity index (χ4n) is 0.935. The number of furan rings is 1. The van der Waals surface area contributed by atoms with Gasteiger partial charge in [0.25, 0.3) is 0 Å². The highest BCUT2D eigenvalue weighted by molar-refractivity contribution is 5.11. The second-order valence-corrected chi connectivity index (χ2v) is 2.38. The molecule has 0 saturated heterocycles. The van der Waals surface area contributed by atoms with Gasteiger partial charge >= 0.3 is 0 Å². The highest BCUT2D eigenvalue weighted by atomic mass is 16.5. The Hall–Kier alpha value is -0.800. The third-order valence-electron chi connectivity index (χ3n) is 1.37. The molecule has 0 aliphatic carbocycles. The minimum Gasteiger partial charge on any atom is -0.468 e. The molecule has 0 spiro atoms. The van der Waals surface area contributed by atoms with Gasteiger partial charge in [-0.1, -0.05) is 0 Å². The van der Waals surface area contributed by atoms with E-state index < -0.39 is 0 Å². The van der Waals surface area contributed by atoms with E-state index in [1.165, 1.54) is 0 Å². The first-order chi connectivity index (χ1) is 5.36. The topological polar surface area (TPSA) is 34.4 Å². The van der Waals surface area contributed by atoms with Crippen molar-refractivity contribution in [1.82, 2.24) is 5.32 Å². The van der Waals surface area contributed by atoms with Crippen molar-refractivity contribution in [3.8, 4) is 0 Å². The fraction of sp³-hybridized carbons (Fsp3) is 0.500. The molecule has 0 radical (unpaired) electrons. The van der Waals surface area contributed by atoms with Gasteiger partial charge in [-0.2, -0.15) is 0 Å². The van der Waals surface area contributed by atoms with E-state index in [1.54, 1.807) is 13.4 Å². The maximum absolute atomic E-state index is 5.22. The summed E-state index contributed by atoms with van der Waals surface area (Å²) < 4.78 is 10.2. The molecule has 0 atom stereocenters. The van der Waals surface area contributed by atoms with Crippen molar-refractivity contribution in [2.24, 2.45) is 0 Å². The highest BCUT2D eigenvalue weighted by Crippen LogP contribution is 2.07. The van der Waals surface area contributed by atoms with Crippen LogP contribution in [0, 0.1) is 0 Å². The Balaban J connectivity index is 2.51. The van der Waals surface area contributed by atoms with Gasteiger partial charge in [-0.15, -0.1) is 0 Å². The first-order valence-corrected chi connectivity index (χ1v) is 3.56. The van der Waals surface area contributed by atoms with Crippen LogP contribution in [-0.4, -0.2) is 14.2 Å². The zero-order valence-electron chi connectivity index (χ0n) is 6.89. The van der Waals surface area contributed by atoms with Crippen molar-refractivity contribution in [1.29, 1.82) is 0 Å². The van der Waals surface area contributed by atoms with Crippen molar-refractivity contribution in [2.75, 3.05) is 14.2 Å². The fourth-order valence-corrected chi connectivity index (χ4v) is 0.935. The van der Waals surface area contributed by atoms with Gasteiger partial charge < -0.3 is 14.5 Å². The Morgan fingerprint density at radius 2 is 2.45 bits per heavy atom. The van der Waals surface area contributed by atoms with Crippen molar-refractivity contribution in [3.63, 3.8) is 0 Å². The molecular weight excluding hydrogens is 142 g/mol. The number of methoxy groups -OCH3 is 1. The van der Waals surface area contributed by atoms with Crippen LogP contribution >= 0.6 is 0 Å². The molecule has 3 nitrogen and oxygen atoms in total. The van der Waals surface area contributed by atoms with E-state index in [0.29, 0.717) is 6.61 Å². The Morgan fingerprint density at radius 1 is 1.64 bits per heavy atom. The highest BCUT2D eigenvalue weighted by Gasteiger charge is 1.98. The van der Waals surface area contributed by atoms with Crippen LogP contribution in [-0.2, 0) is 17.9 Å². The molecule has 0 fully saturated rings. The molecule has 0 amide bonds. The number of ether oxygens (including phenoxy) is 1. The lowest BCUT2D eigenvalue weighted by atomic mass is 10.3. The number of nitrogens with one attached hydrogen (secondary N) is 1. The van der Waals surface area contributed by atoms with E-state index in [1.807, 2.05) is 13.1 Å². The van der Waals surface area contributed by atoms with Crippen LogP contribution < -0.4 is 5.32 Å². The number of hydrogen-bond donors (Lipinski definition) is 1. The van der Waals surface area contributed by atoms with Crippen molar-refractivity contribution >= 4 is 0 Å². The summed E-state index contributed by atoms with van der Waals surface area (Å²) in [6.45, 7) is 1.39. The lowest BCUT2D eigenvalue weighted by molar-refractivity contribution is 0.184. The van der Waals surface area contributed by atoms with Gasteiger partial charge in [-0.05, 0) is 13.1 Å². The lowest BCUT2D eigenvalue weighted by Gasteiger charge is -1.91. The van der Waals surface area contributed by atoms with Crippen molar-refractivity contribution in [3.05, 3.63) is 23.7 Å². The molecule has 0 saturated carbocycles. The minimum atomic E-state index is 0.618. The minimum absolute atomic E-state index is 0.618. The SMILES string of the molecule is CNCc1cc(COC)co1. The smallest absolute Gasteiger partial charge is 0.117 e. The lowest BCUT2D eigenvalue weighted by Crippen LogP contribution is -2.03. The summed E-state index contributed by atoms with van der Waals surface area (Å²) in [7, 11) is 3.56. The largest absolute Gasteiger partial charge is 0.468 e. The number of hydrogen-bond acceptors (Lipinski definition) is 3. The molecule has 1 rings (SSSR count). The third kappa shape index (κ3) is 2.37. The molecule has 62 valence electrons. The molecule has 1 N–H and O–H groups in total. The van der Waals surface area contributed by atoms with Gasteiger partial charge in [0.1, 0.15) is 5.76 Å². The molecule has 0 aliphatic heterocycles. The van der Waals surface area contributed by atoms with Crippen LogP contribution in [0.3, 0.4) is 0 Å². The maximum Gasteiger partial charge on any atom is 0.117 e. The summed E-state index contributed by atoms with van der Waals surface area (Å²) in [5, 5.41) is 3.00. The summed E-state index contributed by atoms with van der Waals surface area (Å²) in [5.41, 5.74) is 1.08. The standard InChI is InChI=1S/C8H13NO2/c1-9-4-8-3-7(5-10-2)6-11-8/h3,6,9H,4-5H2,1-2H3. The van der Waals surface area contributed by atoms with Crippen LogP contribution in [0.2, 0.25) is 0 Å². The van der Waals surface area contributed by atoms with Gasteiger partial charge in [0.05, 0.1) is 19.4 Å². The van der Waals surface area contributed by atoms with E-state index in [2.05, 4.69) is 5.32 Å². The predicted octanol–water partition coefficient (Wildman–Crippen LogP) is 1.15. The molecule has 1 heterocycles. The monoisotopic (exact) mass is 155 g/mol. The Labute approximate surface area is 66.3 Å². The van der Waals surface area contributed by atoms with Crippen LogP contribution in [0.1, 0.15) is 11.3 Å². The van der Waals surface area contributed by atoms with Crippen LogP contribution in [0.5, 0.6) is 0 Å². The summed E-state index contributed by atoms with van der Waals surface area (Å²) in [4.78, 5) is 0. The summed E-state index contributed by atoms with van der Waals surface area (Å²) in [5.74, 6) is 0.944. The third-order valence-corrected chi connectivity index (χ3v) is 1.37. The van der Waals surface area contributed by atoms with E-state index >= 15 is 0 Å². The Bertz CT molecular complexity index is 187. The zero-order chi connectivity index (χ0) is 8.10. The predicted molar refractivity (Wildman–Crippen MR) is 42.2 cm³/mol. The Morgan fingerprint density at radius 3 is 3.09 bits per heavy atom. The molecule has 0 unspecified atom stereocenters. The van der Waals surface area contributed by atoms with Gasteiger partial charge in [0, 0.05) is 12.7 Å². The van der Waals surface area contributed by atoms with Gasteiger partial charge in [-0.25, -0.2) is 0 Å². The molecular formula is C8H13NO2. The van der Waals surface area contributed by atoms with Gasteiger partial charge in [-0.3, -0.25) is 0 Å². The average Bonchev–Trinajstić information content (AvgIpc) is 2.38. The summed E-state index contributed by atoms with van der Waals surface area (Å²) in [6.07, 6.45) is 1.72. The molecule has 3 heteroatoms. The van der Waals surface area contributed by atoms with Crippen LogP contribution in [0.25, 0.3) is 0 Å². The van der Waals surface area contributed by atoms with Gasteiger partial charge in [0.15, 0.2) is 0 Å². The normalized spacial score (nSPS) is 10.4. The molecule has 1 aromatic heterocycles. The molecule has 1 aromatic rings. The first-order valence-electron chi connectivity index (χ1n) is 3.56. The second-order valence-electron chi connectivity index (χ2n) is 2.38. The Kier molecular flexibility index (Phi) is 3.14. The van der Waals surface area contributed by atoms with Crippen LogP contribution in [0.15, 0.2) is 16.7 Å². The summed E-state index contributed by atoms with van der Waals surface area (Å²) >= 11 is 0. The summed E-state index contributed by atoms with van der Waals surface area (Å²) in [6, 6.07) is 1.99. The van der Waals surface area contributed by atoms with Crippen molar-refractivity contribution in [2.45, 2.75) is 13.2 Å². The second kappa shape index (κ2) is 4.16. The maximum atomic E-state index is 5.22. The van der Waals surface area contributed by atoms with Crippen LogP contribution in [0.4, 0.5) is 0 Å². The van der Waals surface area contributed by atoms with E-state index in [-0.39, 0.29) is 0 Å². The van der Waals surface area contributed by atoms with E-state index in [9.17, 15) is 0 Å². The van der Waals surface area contributed by atoms with E-state index in [4.69, 9.17) is 9.15 Å². The van der Waals surface area contributed by atoms with E-state index in [0.717, 1.165) is 17.9 Å². The first kappa shape index (κ1) is 8.30. The molecule has 0 aromatic carbocycles. The molecule has 11 heavy (non-hydrogen) atoms. The number of rotatable bonds is 4. The quantitative estimate of drug-likeness (QED) is 0.708.